The summed E-state index contributed by atoms with van der Waals surface area (Å²) in [7, 11) is 0. The number of carbonyl (C=O) groups excluding carboxylic acids is 1. The van der Waals surface area contributed by atoms with Crippen molar-refractivity contribution < 1.29 is 18.0 Å². The van der Waals surface area contributed by atoms with Crippen LogP contribution in [0.4, 0.5) is 13.2 Å². The topological polar surface area (TPSA) is 17.1 Å². The van der Waals surface area contributed by atoms with E-state index in [4.69, 9.17) is 6.42 Å². The number of thiophene rings is 1. The number of hydrogen-bond acceptors (Lipinski definition) is 2. The molecule has 0 spiro atoms. The van der Waals surface area contributed by atoms with Gasteiger partial charge in [0.25, 0.3) is 0 Å². The summed E-state index contributed by atoms with van der Waals surface area (Å²) in [4.78, 5) is 12.0. The third kappa shape index (κ3) is 1.45. The summed E-state index contributed by atoms with van der Waals surface area (Å²) in [5.41, 5.74) is -2.23. The zero-order chi connectivity index (χ0) is 12.0. The Bertz CT molecular complexity index is 455. The summed E-state index contributed by atoms with van der Waals surface area (Å²) >= 11 is 1.14. The molecule has 16 heavy (non-hydrogen) atoms. The van der Waals surface area contributed by atoms with Gasteiger partial charge in [0.05, 0.1) is 10.8 Å². The van der Waals surface area contributed by atoms with Gasteiger partial charge in [0.15, 0.2) is 5.78 Å². The van der Waals surface area contributed by atoms with Crippen molar-refractivity contribution in [3.05, 3.63) is 22.4 Å². The van der Waals surface area contributed by atoms with Crippen LogP contribution in [0.15, 0.2) is 17.5 Å². The predicted molar refractivity (Wildman–Crippen MR) is 54.1 cm³/mol. The number of terminal acetylenes is 1. The van der Waals surface area contributed by atoms with Gasteiger partial charge in [-0.2, -0.15) is 13.2 Å². The molecule has 0 unspecified atom stereocenters. The Hall–Kier alpha value is -1.28. The molecule has 1 aliphatic rings. The summed E-state index contributed by atoms with van der Waals surface area (Å²) in [5.74, 6) is 0.148. The normalized spacial score (nSPS) is 28.5. The summed E-state index contributed by atoms with van der Waals surface area (Å²) < 4.78 is 38.0. The molecule has 1 aromatic heterocycles. The third-order valence-corrected chi connectivity index (χ3v) is 3.69. The van der Waals surface area contributed by atoms with Gasteiger partial charge in [-0.05, 0) is 17.9 Å². The number of hydrogen-bond donors (Lipinski definition) is 0. The molecule has 0 aromatic carbocycles. The standard InChI is InChI=1S/C11H7F3OS/c1-2-10(11(12,13)14)6-7(10)9(15)8-4-3-5-16-8/h1,3-5,7H,6H2/t7-,10+/m1/s1. The van der Waals surface area contributed by atoms with Gasteiger partial charge in [-0.1, -0.05) is 12.0 Å². The maximum absolute atomic E-state index is 12.7. The average Bonchev–Trinajstić information content (AvgIpc) is 2.73. The number of halogens is 3. The van der Waals surface area contributed by atoms with E-state index >= 15 is 0 Å². The van der Waals surface area contributed by atoms with Gasteiger partial charge in [-0.15, -0.1) is 17.8 Å². The molecule has 1 saturated carbocycles. The number of Topliss-reactive ketones (excluding diaryl/α,β-unsaturated/α-hetero) is 1. The van der Waals surface area contributed by atoms with Crippen molar-refractivity contribution in [2.75, 3.05) is 0 Å². The van der Waals surface area contributed by atoms with Gasteiger partial charge in [0.2, 0.25) is 0 Å². The first-order chi connectivity index (χ1) is 7.42. The second kappa shape index (κ2) is 3.36. The lowest BCUT2D eigenvalue weighted by molar-refractivity contribution is -0.171. The molecule has 0 saturated heterocycles. The lowest BCUT2D eigenvalue weighted by atomic mass is 10.0. The minimum atomic E-state index is -4.50. The second-order valence-electron chi connectivity index (χ2n) is 3.71. The number of rotatable bonds is 2. The van der Waals surface area contributed by atoms with Crippen LogP contribution in [-0.2, 0) is 0 Å². The molecule has 0 amide bonds. The van der Waals surface area contributed by atoms with Crippen LogP contribution in [0.3, 0.4) is 0 Å². The van der Waals surface area contributed by atoms with Crippen molar-refractivity contribution in [1.29, 1.82) is 0 Å². The maximum Gasteiger partial charge on any atom is 0.405 e. The zero-order valence-electron chi connectivity index (χ0n) is 8.04. The molecule has 1 nitrogen and oxygen atoms in total. The fourth-order valence-electron chi connectivity index (χ4n) is 1.72. The van der Waals surface area contributed by atoms with Crippen LogP contribution in [0.5, 0.6) is 0 Å². The number of alkyl halides is 3. The Morgan fingerprint density at radius 2 is 2.31 bits per heavy atom. The Balaban J connectivity index is 2.23. The van der Waals surface area contributed by atoms with Crippen molar-refractivity contribution in [3.8, 4) is 12.3 Å². The summed E-state index contributed by atoms with van der Waals surface area (Å²) in [6.07, 6.45) is 0.129. The SMILES string of the molecule is C#C[C@]1(C(F)(F)F)C[C@@H]1C(=O)c1cccs1. The van der Waals surface area contributed by atoms with Gasteiger partial charge >= 0.3 is 6.18 Å². The zero-order valence-corrected chi connectivity index (χ0v) is 8.86. The van der Waals surface area contributed by atoms with Crippen molar-refractivity contribution >= 4 is 17.1 Å². The van der Waals surface area contributed by atoms with E-state index in [9.17, 15) is 18.0 Å². The van der Waals surface area contributed by atoms with Crippen molar-refractivity contribution in [1.82, 2.24) is 0 Å². The van der Waals surface area contributed by atoms with Gasteiger partial charge < -0.3 is 0 Å². The Kier molecular flexibility index (Phi) is 2.35. The highest BCUT2D eigenvalue weighted by Gasteiger charge is 2.72. The Labute approximate surface area is 94.3 Å². The lowest BCUT2D eigenvalue weighted by Gasteiger charge is -2.13. The molecule has 5 heteroatoms. The monoisotopic (exact) mass is 244 g/mol. The molecule has 1 aliphatic carbocycles. The molecular weight excluding hydrogens is 237 g/mol. The number of ketones is 1. The van der Waals surface area contributed by atoms with E-state index in [1.54, 1.807) is 17.4 Å². The highest BCUT2D eigenvalue weighted by Crippen LogP contribution is 2.63. The first-order valence-electron chi connectivity index (χ1n) is 4.54. The van der Waals surface area contributed by atoms with Crippen LogP contribution in [0, 0.1) is 23.7 Å². The third-order valence-electron chi connectivity index (χ3n) is 2.80. The van der Waals surface area contributed by atoms with Crippen LogP contribution in [0.1, 0.15) is 16.1 Å². The number of carbonyl (C=O) groups is 1. The molecule has 0 bridgehead atoms. The van der Waals surface area contributed by atoms with Gasteiger partial charge in [-0.3, -0.25) is 4.79 Å². The van der Waals surface area contributed by atoms with Gasteiger partial charge in [-0.25, -0.2) is 0 Å². The molecule has 1 fully saturated rings. The summed E-state index contributed by atoms with van der Waals surface area (Å²) in [5, 5.41) is 1.65. The molecule has 1 heterocycles. The maximum atomic E-state index is 12.7. The van der Waals surface area contributed by atoms with Crippen molar-refractivity contribution in [2.24, 2.45) is 11.3 Å². The minimum absolute atomic E-state index is 0.288. The fourth-order valence-corrected chi connectivity index (χ4v) is 2.44. The highest BCUT2D eigenvalue weighted by molar-refractivity contribution is 7.12. The van der Waals surface area contributed by atoms with E-state index < -0.39 is 23.3 Å². The van der Waals surface area contributed by atoms with Crippen LogP contribution in [-0.4, -0.2) is 12.0 Å². The fraction of sp³-hybridized carbons (Fsp3) is 0.364. The van der Waals surface area contributed by atoms with E-state index in [0.717, 1.165) is 11.3 Å². The van der Waals surface area contributed by atoms with E-state index in [0.29, 0.717) is 4.88 Å². The largest absolute Gasteiger partial charge is 0.405 e. The van der Waals surface area contributed by atoms with Crippen molar-refractivity contribution in [2.45, 2.75) is 12.6 Å². The van der Waals surface area contributed by atoms with E-state index in [1.165, 1.54) is 6.07 Å². The molecule has 0 N–H and O–H groups in total. The minimum Gasteiger partial charge on any atom is -0.293 e. The molecule has 0 radical (unpaired) electrons. The van der Waals surface area contributed by atoms with Gasteiger partial charge in [0, 0.05) is 0 Å². The Morgan fingerprint density at radius 3 is 2.69 bits per heavy atom. The summed E-state index contributed by atoms with van der Waals surface area (Å²) in [6.45, 7) is 0. The van der Waals surface area contributed by atoms with E-state index in [-0.39, 0.29) is 6.42 Å². The van der Waals surface area contributed by atoms with E-state index in [1.807, 2.05) is 0 Å². The summed E-state index contributed by atoms with van der Waals surface area (Å²) in [6, 6.07) is 3.15. The predicted octanol–water partition coefficient (Wildman–Crippen LogP) is 3.13. The quantitative estimate of drug-likeness (QED) is 0.577. The molecule has 0 aliphatic heterocycles. The average molecular weight is 244 g/mol. The molecule has 84 valence electrons. The van der Waals surface area contributed by atoms with E-state index in [2.05, 4.69) is 0 Å². The van der Waals surface area contributed by atoms with Crippen LogP contribution in [0.25, 0.3) is 0 Å². The lowest BCUT2D eigenvalue weighted by Crippen LogP contribution is -2.27. The molecule has 2 atom stereocenters. The van der Waals surface area contributed by atoms with Crippen LogP contribution in [0.2, 0.25) is 0 Å². The van der Waals surface area contributed by atoms with Crippen LogP contribution < -0.4 is 0 Å². The van der Waals surface area contributed by atoms with Gasteiger partial charge in [0.1, 0.15) is 5.41 Å². The second-order valence-corrected chi connectivity index (χ2v) is 4.66. The smallest absolute Gasteiger partial charge is 0.293 e. The molecular formula is C11H7F3OS. The first kappa shape index (κ1) is 11.2. The van der Waals surface area contributed by atoms with Crippen LogP contribution >= 0.6 is 11.3 Å². The Morgan fingerprint density at radius 1 is 1.62 bits per heavy atom. The highest BCUT2D eigenvalue weighted by atomic mass is 32.1. The first-order valence-corrected chi connectivity index (χ1v) is 5.42. The van der Waals surface area contributed by atoms with Crippen molar-refractivity contribution in [3.63, 3.8) is 0 Å². The molecule has 2 rings (SSSR count). The molecule has 1 aromatic rings.